The van der Waals surface area contributed by atoms with E-state index in [9.17, 15) is 4.79 Å². The molecule has 0 radical (unpaired) electrons. The average Bonchev–Trinajstić information content (AvgIpc) is 3.48. The zero-order valence-corrected chi connectivity index (χ0v) is 18.5. The first-order chi connectivity index (χ1) is 15.7. The Hall–Kier alpha value is -3.07. The zero-order chi connectivity index (χ0) is 21.8. The molecule has 0 bridgehead atoms. The Morgan fingerprint density at radius 3 is 2.66 bits per heavy atom. The first-order valence-electron chi connectivity index (χ1n) is 10.9. The number of carbonyl (C=O) groups is 1. The van der Waals surface area contributed by atoms with Crippen molar-refractivity contribution in [3.63, 3.8) is 0 Å². The molecule has 2 aromatic carbocycles. The number of carbonyl (C=O) groups excluding carboxylic acids is 1. The molecule has 1 saturated carbocycles. The van der Waals surface area contributed by atoms with Crippen molar-refractivity contribution in [3.05, 3.63) is 59.7 Å². The Balaban J connectivity index is 1.26. The second kappa shape index (κ2) is 9.20. The van der Waals surface area contributed by atoms with Gasteiger partial charge in [-0.2, -0.15) is 0 Å². The van der Waals surface area contributed by atoms with E-state index in [1.54, 1.807) is 4.68 Å². The van der Waals surface area contributed by atoms with Gasteiger partial charge in [0.05, 0.1) is 17.8 Å². The summed E-state index contributed by atoms with van der Waals surface area (Å²) in [4.78, 5) is 13.0. The molecule has 9 heteroatoms. The lowest BCUT2D eigenvalue weighted by Crippen LogP contribution is -2.44. The second-order valence-electron chi connectivity index (χ2n) is 8.09. The van der Waals surface area contributed by atoms with Crippen molar-refractivity contribution in [3.8, 4) is 11.5 Å². The average molecular weight is 452 g/mol. The van der Waals surface area contributed by atoms with Crippen molar-refractivity contribution in [1.82, 2.24) is 25.5 Å². The molecule has 5 rings (SSSR count). The number of ether oxygens (including phenoxy) is 2. The van der Waals surface area contributed by atoms with Gasteiger partial charge in [-0.05, 0) is 46.5 Å². The molecular weight excluding hydrogens is 426 g/mol. The predicted octanol–water partition coefficient (Wildman–Crippen LogP) is 3.17. The minimum absolute atomic E-state index is 0.0268. The summed E-state index contributed by atoms with van der Waals surface area (Å²) in [6.45, 7) is 1.68. The number of benzene rings is 2. The third-order valence-corrected chi connectivity index (χ3v) is 6.89. The number of tetrazole rings is 1. The van der Waals surface area contributed by atoms with Crippen molar-refractivity contribution in [1.29, 1.82) is 0 Å². The summed E-state index contributed by atoms with van der Waals surface area (Å²) in [6.07, 6.45) is 3.98. The maximum Gasteiger partial charge on any atom is 0.231 e. The number of hydrogen-bond donors (Lipinski definition) is 1. The van der Waals surface area contributed by atoms with Crippen LogP contribution in [0.3, 0.4) is 0 Å². The zero-order valence-electron chi connectivity index (χ0n) is 17.7. The minimum Gasteiger partial charge on any atom is -0.486 e. The molecule has 1 amide bonds. The molecule has 0 unspecified atom stereocenters. The largest absolute Gasteiger partial charge is 0.486 e. The fourth-order valence-corrected chi connectivity index (χ4v) is 5.07. The third kappa shape index (κ3) is 4.43. The smallest absolute Gasteiger partial charge is 0.231 e. The van der Waals surface area contributed by atoms with E-state index in [4.69, 9.17) is 9.47 Å². The van der Waals surface area contributed by atoms with Gasteiger partial charge in [-0.1, -0.05) is 61.0 Å². The van der Waals surface area contributed by atoms with Crippen LogP contribution in [0.4, 0.5) is 0 Å². The Labute approximate surface area is 190 Å². The quantitative estimate of drug-likeness (QED) is 0.552. The van der Waals surface area contributed by atoms with Gasteiger partial charge >= 0.3 is 0 Å². The highest BCUT2D eigenvalue weighted by molar-refractivity contribution is 7.99. The summed E-state index contributed by atoms with van der Waals surface area (Å²) in [5.74, 6) is 1.74. The van der Waals surface area contributed by atoms with Gasteiger partial charge in [0.25, 0.3) is 0 Å². The number of hydrogen-bond acceptors (Lipinski definition) is 7. The van der Waals surface area contributed by atoms with Gasteiger partial charge in [-0.25, -0.2) is 4.68 Å². The summed E-state index contributed by atoms with van der Waals surface area (Å²) in [6, 6.07) is 16.0. The van der Waals surface area contributed by atoms with Crippen molar-refractivity contribution in [2.45, 2.75) is 42.9 Å². The number of amides is 1. The van der Waals surface area contributed by atoms with Crippen molar-refractivity contribution in [2.24, 2.45) is 0 Å². The SMILES string of the molecule is O=C(CSc1nnnn1Cc1ccccc1)NC1(c2ccc3c(c2)OCCO3)CCCC1. The van der Waals surface area contributed by atoms with Crippen LogP contribution in [-0.4, -0.2) is 45.1 Å². The van der Waals surface area contributed by atoms with E-state index in [1.807, 2.05) is 48.5 Å². The van der Waals surface area contributed by atoms with E-state index in [0.717, 1.165) is 48.3 Å². The summed E-state index contributed by atoms with van der Waals surface area (Å²) < 4.78 is 13.1. The fourth-order valence-electron chi connectivity index (χ4n) is 4.39. The van der Waals surface area contributed by atoms with Crippen LogP contribution in [0.1, 0.15) is 36.8 Å². The van der Waals surface area contributed by atoms with E-state index >= 15 is 0 Å². The number of fused-ring (bicyclic) bond motifs is 1. The van der Waals surface area contributed by atoms with Gasteiger partial charge in [0.2, 0.25) is 11.1 Å². The summed E-state index contributed by atoms with van der Waals surface area (Å²) in [5.41, 5.74) is 1.81. The molecular formula is C23H25N5O3S. The lowest BCUT2D eigenvalue weighted by atomic mass is 9.87. The van der Waals surface area contributed by atoms with E-state index in [0.29, 0.717) is 24.9 Å². The van der Waals surface area contributed by atoms with Crippen molar-refractivity contribution < 1.29 is 14.3 Å². The summed E-state index contributed by atoms with van der Waals surface area (Å²) in [5, 5.41) is 15.9. The van der Waals surface area contributed by atoms with Crippen LogP contribution in [0.15, 0.2) is 53.7 Å². The van der Waals surface area contributed by atoms with Crippen LogP contribution in [0.5, 0.6) is 11.5 Å². The highest BCUT2D eigenvalue weighted by Crippen LogP contribution is 2.42. The van der Waals surface area contributed by atoms with Crippen LogP contribution in [0.25, 0.3) is 0 Å². The van der Waals surface area contributed by atoms with E-state index in [1.165, 1.54) is 11.8 Å². The van der Waals surface area contributed by atoms with E-state index in [2.05, 4.69) is 20.8 Å². The number of thioether (sulfide) groups is 1. The highest BCUT2D eigenvalue weighted by atomic mass is 32.2. The van der Waals surface area contributed by atoms with Crippen LogP contribution >= 0.6 is 11.8 Å². The fraction of sp³-hybridized carbons (Fsp3) is 0.391. The van der Waals surface area contributed by atoms with Crippen LogP contribution in [0, 0.1) is 0 Å². The second-order valence-corrected chi connectivity index (χ2v) is 9.03. The molecule has 1 aliphatic carbocycles. The Morgan fingerprint density at radius 2 is 1.84 bits per heavy atom. The first-order valence-corrected chi connectivity index (χ1v) is 11.8. The predicted molar refractivity (Wildman–Crippen MR) is 120 cm³/mol. The number of rotatable bonds is 7. The normalized spacial score (nSPS) is 16.6. The third-order valence-electron chi connectivity index (χ3n) is 5.94. The van der Waals surface area contributed by atoms with Crippen molar-refractivity contribution in [2.75, 3.05) is 19.0 Å². The van der Waals surface area contributed by atoms with Crippen LogP contribution in [-0.2, 0) is 16.9 Å². The van der Waals surface area contributed by atoms with Crippen molar-refractivity contribution >= 4 is 17.7 Å². The number of aromatic nitrogens is 4. The maximum atomic E-state index is 13.0. The molecule has 32 heavy (non-hydrogen) atoms. The molecule has 0 saturated heterocycles. The van der Waals surface area contributed by atoms with Gasteiger partial charge in [0, 0.05) is 0 Å². The lowest BCUT2D eigenvalue weighted by molar-refractivity contribution is -0.120. The number of nitrogens with one attached hydrogen (secondary N) is 1. The molecule has 1 N–H and O–H groups in total. The molecule has 1 aliphatic heterocycles. The highest BCUT2D eigenvalue weighted by Gasteiger charge is 2.37. The molecule has 3 aromatic rings. The standard InChI is InChI=1S/C23H25N5O3S/c29-21(16-32-22-25-26-27-28(22)15-17-6-2-1-3-7-17)24-23(10-4-5-11-23)18-8-9-19-20(14-18)31-13-12-30-19/h1-3,6-9,14H,4-5,10-13,15-16H2,(H,24,29). The molecule has 0 atom stereocenters. The molecule has 2 heterocycles. The molecule has 2 aliphatic rings. The van der Waals surface area contributed by atoms with E-state index < -0.39 is 0 Å². The minimum atomic E-state index is -0.372. The van der Waals surface area contributed by atoms with Gasteiger partial charge in [0.15, 0.2) is 11.5 Å². The molecule has 1 fully saturated rings. The van der Waals surface area contributed by atoms with Gasteiger partial charge in [-0.15, -0.1) is 5.10 Å². The summed E-state index contributed by atoms with van der Waals surface area (Å²) in [7, 11) is 0. The molecule has 1 aromatic heterocycles. The van der Waals surface area contributed by atoms with Crippen LogP contribution in [0.2, 0.25) is 0 Å². The summed E-state index contributed by atoms with van der Waals surface area (Å²) >= 11 is 1.35. The van der Waals surface area contributed by atoms with E-state index in [-0.39, 0.29) is 17.2 Å². The topological polar surface area (TPSA) is 91.2 Å². The Morgan fingerprint density at radius 1 is 1.06 bits per heavy atom. The van der Waals surface area contributed by atoms with Crippen LogP contribution < -0.4 is 14.8 Å². The maximum absolute atomic E-state index is 13.0. The molecule has 0 spiro atoms. The first kappa shape index (κ1) is 20.8. The molecule has 166 valence electrons. The lowest BCUT2D eigenvalue weighted by Gasteiger charge is -2.32. The van der Waals surface area contributed by atoms with Gasteiger partial charge in [-0.3, -0.25) is 4.79 Å². The van der Waals surface area contributed by atoms with Gasteiger partial charge < -0.3 is 14.8 Å². The Bertz CT molecular complexity index is 1080. The number of nitrogens with zero attached hydrogens (tertiary/aromatic N) is 4. The monoisotopic (exact) mass is 451 g/mol. The Kier molecular flexibility index (Phi) is 5.98. The van der Waals surface area contributed by atoms with Gasteiger partial charge in [0.1, 0.15) is 13.2 Å². The molecule has 8 nitrogen and oxygen atoms in total.